The minimum absolute atomic E-state index is 0. The second-order valence-electron chi connectivity index (χ2n) is 5.54. The number of amides is 1. The van der Waals surface area contributed by atoms with Crippen LogP contribution < -0.4 is 16.4 Å². The van der Waals surface area contributed by atoms with E-state index in [1.807, 2.05) is 37.3 Å². The number of halogens is 1. The van der Waals surface area contributed by atoms with Gasteiger partial charge in [0.25, 0.3) is 0 Å². The third kappa shape index (κ3) is 6.74. The molecule has 1 unspecified atom stereocenters. The Kier molecular flexibility index (Phi) is 8.98. The van der Waals surface area contributed by atoms with Crippen molar-refractivity contribution in [3.05, 3.63) is 71.3 Å². The molecule has 1 amide bonds. The summed E-state index contributed by atoms with van der Waals surface area (Å²) in [6.07, 6.45) is 0. The van der Waals surface area contributed by atoms with Gasteiger partial charge in [-0.2, -0.15) is 0 Å². The van der Waals surface area contributed by atoms with E-state index < -0.39 is 5.91 Å². The molecule has 0 fully saturated rings. The highest BCUT2D eigenvalue weighted by Gasteiger charge is 2.07. The molecule has 0 saturated heterocycles. The van der Waals surface area contributed by atoms with Crippen LogP contribution in [0.15, 0.2) is 59.6 Å². The number of aliphatic imine (C=N–C) groups is 1. The van der Waals surface area contributed by atoms with Crippen LogP contribution in [0.4, 0.5) is 0 Å². The van der Waals surface area contributed by atoms with Crippen molar-refractivity contribution in [2.75, 3.05) is 6.54 Å². The lowest BCUT2D eigenvalue weighted by Crippen LogP contribution is -2.38. The number of hydrogen-bond donors (Lipinski definition) is 3. The Hall–Kier alpha value is -2.09. The minimum atomic E-state index is -0.427. The maximum Gasteiger partial charge on any atom is 0.248 e. The highest BCUT2D eigenvalue weighted by Crippen LogP contribution is 2.11. The first-order valence-corrected chi connectivity index (χ1v) is 8.08. The van der Waals surface area contributed by atoms with Crippen LogP contribution in [0.5, 0.6) is 0 Å². The summed E-state index contributed by atoms with van der Waals surface area (Å²) >= 11 is 0. The molecular formula is C19H25IN4O. The van der Waals surface area contributed by atoms with E-state index in [1.165, 1.54) is 5.56 Å². The highest BCUT2D eigenvalue weighted by atomic mass is 127. The molecule has 6 heteroatoms. The zero-order chi connectivity index (χ0) is 17.4. The number of nitrogens with one attached hydrogen (secondary N) is 2. The van der Waals surface area contributed by atoms with Crippen molar-refractivity contribution in [1.82, 2.24) is 10.6 Å². The summed E-state index contributed by atoms with van der Waals surface area (Å²) in [5.74, 6) is 0.307. The molecule has 25 heavy (non-hydrogen) atoms. The zero-order valence-corrected chi connectivity index (χ0v) is 16.9. The fourth-order valence-corrected chi connectivity index (χ4v) is 2.34. The summed E-state index contributed by atoms with van der Waals surface area (Å²) in [6, 6.07) is 17.6. The van der Waals surface area contributed by atoms with Crippen LogP contribution in [0.3, 0.4) is 0 Å². The molecule has 0 aliphatic heterocycles. The van der Waals surface area contributed by atoms with Crippen LogP contribution in [0, 0.1) is 0 Å². The molecule has 1 atom stereocenters. The number of guanidine groups is 1. The fraction of sp³-hybridized carbons (Fsp3) is 0.263. The van der Waals surface area contributed by atoms with Crippen LogP contribution >= 0.6 is 24.0 Å². The Morgan fingerprint density at radius 2 is 1.88 bits per heavy atom. The summed E-state index contributed by atoms with van der Waals surface area (Å²) in [4.78, 5) is 15.8. The summed E-state index contributed by atoms with van der Waals surface area (Å²) < 4.78 is 0. The molecule has 0 saturated carbocycles. The first-order chi connectivity index (χ1) is 11.6. The summed E-state index contributed by atoms with van der Waals surface area (Å²) in [7, 11) is 0. The highest BCUT2D eigenvalue weighted by molar-refractivity contribution is 14.0. The Balaban J connectivity index is 0.00000312. The molecule has 0 aromatic heterocycles. The van der Waals surface area contributed by atoms with E-state index in [1.54, 1.807) is 12.1 Å². The lowest BCUT2D eigenvalue weighted by atomic mass is 10.1. The molecule has 0 radical (unpaired) electrons. The van der Waals surface area contributed by atoms with Crippen molar-refractivity contribution >= 4 is 35.8 Å². The van der Waals surface area contributed by atoms with Crippen molar-refractivity contribution in [3.8, 4) is 0 Å². The summed E-state index contributed by atoms with van der Waals surface area (Å²) in [5.41, 5.74) is 7.95. The molecule has 2 aromatic rings. The first kappa shape index (κ1) is 21.0. The van der Waals surface area contributed by atoms with Crippen molar-refractivity contribution in [2.45, 2.75) is 26.4 Å². The van der Waals surface area contributed by atoms with Gasteiger partial charge in [-0.3, -0.25) is 4.79 Å². The van der Waals surface area contributed by atoms with E-state index in [2.05, 4.69) is 34.7 Å². The maximum absolute atomic E-state index is 11.3. The van der Waals surface area contributed by atoms with Crippen molar-refractivity contribution in [2.24, 2.45) is 10.7 Å². The van der Waals surface area contributed by atoms with E-state index in [0.29, 0.717) is 12.1 Å². The molecule has 2 rings (SSSR count). The van der Waals surface area contributed by atoms with Gasteiger partial charge >= 0.3 is 0 Å². The Bertz CT molecular complexity index is 704. The van der Waals surface area contributed by atoms with E-state index in [9.17, 15) is 4.79 Å². The number of primary amides is 1. The van der Waals surface area contributed by atoms with Gasteiger partial charge in [-0.15, -0.1) is 24.0 Å². The van der Waals surface area contributed by atoms with Crippen LogP contribution in [0.1, 0.15) is 41.4 Å². The Labute approximate surface area is 166 Å². The molecule has 0 bridgehead atoms. The van der Waals surface area contributed by atoms with E-state index in [0.717, 1.165) is 18.1 Å². The van der Waals surface area contributed by atoms with Gasteiger partial charge < -0.3 is 16.4 Å². The number of nitrogens with two attached hydrogens (primary N) is 1. The van der Waals surface area contributed by atoms with E-state index in [4.69, 9.17) is 5.73 Å². The number of carbonyl (C=O) groups excluding carboxylic acids is 1. The van der Waals surface area contributed by atoms with Gasteiger partial charge in [0.2, 0.25) is 5.91 Å². The van der Waals surface area contributed by atoms with Crippen molar-refractivity contribution < 1.29 is 4.79 Å². The van der Waals surface area contributed by atoms with Crippen LogP contribution in [0.2, 0.25) is 0 Å². The normalized spacial score (nSPS) is 12.0. The standard InChI is InChI=1S/C19H24N4O.HI/c1-3-21-19(23-14(2)16-9-5-4-6-10-16)22-13-15-8-7-11-17(12-15)18(20)24;/h4-12,14H,3,13H2,1-2H3,(H2,20,24)(H2,21,22,23);1H. The Morgan fingerprint density at radius 1 is 1.16 bits per heavy atom. The number of carbonyl (C=O) groups is 1. The largest absolute Gasteiger partial charge is 0.366 e. The minimum Gasteiger partial charge on any atom is -0.366 e. The molecule has 134 valence electrons. The van der Waals surface area contributed by atoms with Gasteiger partial charge in [-0.25, -0.2) is 4.99 Å². The van der Waals surface area contributed by atoms with Crippen LogP contribution in [-0.4, -0.2) is 18.4 Å². The van der Waals surface area contributed by atoms with Crippen LogP contribution in [-0.2, 0) is 6.54 Å². The fourth-order valence-electron chi connectivity index (χ4n) is 2.34. The monoisotopic (exact) mass is 452 g/mol. The average Bonchev–Trinajstić information content (AvgIpc) is 2.61. The van der Waals surface area contributed by atoms with Gasteiger partial charge in [0.1, 0.15) is 0 Å². The lowest BCUT2D eigenvalue weighted by Gasteiger charge is -2.18. The number of nitrogens with zero attached hydrogens (tertiary/aromatic N) is 1. The van der Waals surface area contributed by atoms with E-state index in [-0.39, 0.29) is 30.0 Å². The number of hydrogen-bond acceptors (Lipinski definition) is 2. The van der Waals surface area contributed by atoms with Crippen molar-refractivity contribution in [3.63, 3.8) is 0 Å². The summed E-state index contributed by atoms with van der Waals surface area (Å²) in [5, 5.41) is 6.63. The molecular weight excluding hydrogens is 427 g/mol. The van der Waals surface area contributed by atoms with E-state index >= 15 is 0 Å². The van der Waals surface area contributed by atoms with Crippen molar-refractivity contribution in [1.29, 1.82) is 0 Å². The van der Waals surface area contributed by atoms with Gasteiger partial charge in [0.15, 0.2) is 5.96 Å². The third-order valence-electron chi connectivity index (χ3n) is 3.63. The van der Waals surface area contributed by atoms with Gasteiger partial charge in [-0.05, 0) is 37.1 Å². The topological polar surface area (TPSA) is 79.5 Å². The Morgan fingerprint density at radius 3 is 2.52 bits per heavy atom. The summed E-state index contributed by atoms with van der Waals surface area (Å²) in [6.45, 7) is 5.36. The second-order valence-corrected chi connectivity index (χ2v) is 5.54. The molecule has 0 spiro atoms. The average molecular weight is 452 g/mol. The quantitative estimate of drug-likeness (QED) is 0.358. The molecule has 4 N–H and O–H groups in total. The smallest absolute Gasteiger partial charge is 0.248 e. The predicted molar refractivity (Wildman–Crippen MR) is 113 cm³/mol. The predicted octanol–water partition coefficient (Wildman–Crippen LogP) is 3.22. The molecule has 0 aliphatic rings. The second kappa shape index (κ2) is 10.7. The molecule has 2 aromatic carbocycles. The third-order valence-corrected chi connectivity index (χ3v) is 3.63. The van der Waals surface area contributed by atoms with Gasteiger partial charge in [0, 0.05) is 12.1 Å². The van der Waals surface area contributed by atoms with Gasteiger partial charge in [0.05, 0.1) is 12.6 Å². The SMILES string of the molecule is CCNC(=NCc1cccc(C(N)=O)c1)NC(C)c1ccccc1.I. The molecule has 0 heterocycles. The lowest BCUT2D eigenvalue weighted by molar-refractivity contribution is 0.1000. The van der Waals surface area contributed by atoms with Gasteiger partial charge in [-0.1, -0.05) is 42.5 Å². The number of rotatable bonds is 6. The van der Waals surface area contributed by atoms with Crippen LogP contribution in [0.25, 0.3) is 0 Å². The number of benzene rings is 2. The first-order valence-electron chi connectivity index (χ1n) is 8.08. The maximum atomic E-state index is 11.3. The molecule has 5 nitrogen and oxygen atoms in total. The molecule has 0 aliphatic carbocycles. The zero-order valence-electron chi connectivity index (χ0n) is 14.5.